The molecular weight excluding hydrogens is 560 g/mol. The van der Waals surface area contributed by atoms with Crippen LogP contribution < -0.4 is 33.2 Å². The Kier molecular flexibility index (Phi) is 14.1. The number of fused-ring (bicyclic) bond motifs is 1. The minimum atomic E-state index is -1.17. The fourth-order valence-corrected chi connectivity index (χ4v) is 4.79. The molecule has 0 aliphatic rings. The number of amides is 3. The number of benzene rings is 1. The van der Waals surface area contributed by atoms with Gasteiger partial charge in [-0.1, -0.05) is 38.5 Å². The predicted molar refractivity (Wildman–Crippen MR) is 166 cm³/mol. The van der Waals surface area contributed by atoms with E-state index >= 15 is 0 Å². The van der Waals surface area contributed by atoms with Crippen molar-refractivity contribution in [2.45, 2.75) is 70.1 Å². The Morgan fingerprint density at radius 1 is 1.00 bits per heavy atom. The highest BCUT2D eigenvalue weighted by Crippen LogP contribution is 2.19. The molecule has 1 aromatic carbocycles. The summed E-state index contributed by atoms with van der Waals surface area (Å²) in [7, 11) is 0. The number of aliphatic imine (C=N–C) groups is 1. The van der Waals surface area contributed by atoms with Crippen molar-refractivity contribution >= 4 is 52.3 Å². The molecule has 2 aromatic rings. The number of aromatic nitrogens is 1. The number of carboxylic acids is 1. The number of rotatable bonds is 18. The number of hydrogen-bond donors (Lipinski definition) is 8. The Hall–Kier alpha value is -3.78. The average Bonchev–Trinajstić information content (AvgIpc) is 3.37. The van der Waals surface area contributed by atoms with Crippen LogP contribution in [0.1, 0.15) is 45.1 Å². The van der Waals surface area contributed by atoms with E-state index in [9.17, 15) is 24.3 Å². The monoisotopic (exact) mass is 604 g/mol. The number of nitrogens with two attached hydrogens (primary N) is 3. The van der Waals surface area contributed by atoms with Gasteiger partial charge in [0.25, 0.3) is 0 Å². The molecule has 1 heterocycles. The fraction of sp³-hybridized carbons (Fsp3) is 0.536. The number of carbonyl (C=O) groups is 4. The van der Waals surface area contributed by atoms with Crippen molar-refractivity contribution in [2.75, 3.05) is 18.6 Å². The van der Waals surface area contributed by atoms with Crippen LogP contribution in [0.15, 0.2) is 35.5 Å². The minimum Gasteiger partial charge on any atom is -0.480 e. The number of aromatic amines is 1. The van der Waals surface area contributed by atoms with E-state index in [1.807, 2.05) is 44.4 Å². The first kappa shape index (κ1) is 34.4. The quantitative estimate of drug-likeness (QED) is 0.0669. The molecule has 0 saturated carbocycles. The van der Waals surface area contributed by atoms with Gasteiger partial charge in [-0.25, -0.2) is 4.79 Å². The summed E-state index contributed by atoms with van der Waals surface area (Å²) in [6, 6.07) is 3.44. The first-order valence-electron chi connectivity index (χ1n) is 14.0. The summed E-state index contributed by atoms with van der Waals surface area (Å²) in [4.78, 5) is 58.9. The lowest BCUT2D eigenvalue weighted by Crippen LogP contribution is -2.58. The third kappa shape index (κ3) is 10.6. The third-order valence-electron chi connectivity index (χ3n) is 7.10. The van der Waals surface area contributed by atoms with Crippen LogP contribution in [0.2, 0.25) is 0 Å². The highest BCUT2D eigenvalue weighted by atomic mass is 32.2. The van der Waals surface area contributed by atoms with Crippen molar-refractivity contribution < 1.29 is 24.3 Å². The highest BCUT2D eigenvalue weighted by molar-refractivity contribution is 7.98. The molecule has 13 nitrogen and oxygen atoms in total. The summed E-state index contributed by atoms with van der Waals surface area (Å²) in [6.07, 6.45) is 5.08. The lowest BCUT2D eigenvalue weighted by atomic mass is 9.98. The first-order valence-corrected chi connectivity index (χ1v) is 15.4. The predicted octanol–water partition coefficient (Wildman–Crippen LogP) is 0.430. The maximum Gasteiger partial charge on any atom is 0.326 e. The SMILES string of the molecule is CCC(C)C(N)C(=O)NC(Cc1c[nH]c2ccccc12)C(=O)NC(CCCN=C(N)N)C(=O)NC(CCSC)C(=O)O. The third-order valence-corrected chi connectivity index (χ3v) is 7.74. The smallest absolute Gasteiger partial charge is 0.326 e. The average molecular weight is 605 g/mol. The van der Waals surface area contributed by atoms with Crippen LogP contribution in [-0.2, 0) is 25.6 Å². The van der Waals surface area contributed by atoms with Gasteiger partial charge in [-0.05, 0) is 48.8 Å². The number of para-hydroxylation sites is 1. The Bertz CT molecular complexity index is 1230. The molecular formula is C28H44N8O5S. The Morgan fingerprint density at radius 2 is 1.64 bits per heavy atom. The molecule has 11 N–H and O–H groups in total. The van der Waals surface area contributed by atoms with Crippen molar-refractivity contribution in [3.05, 3.63) is 36.0 Å². The van der Waals surface area contributed by atoms with E-state index in [0.717, 1.165) is 16.5 Å². The lowest BCUT2D eigenvalue weighted by molar-refractivity contribution is -0.142. The number of aliphatic carboxylic acids is 1. The normalized spacial score (nSPS) is 14.7. The molecule has 5 atom stereocenters. The number of H-pyrrole nitrogens is 1. The summed E-state index contributed by atoms with van der Waals surface area (Å²) in [5, 5.41) is 18.5. The number of carboxylic acid groups (broad SMARTS) is 1. The van der Waals surface area contributed by atoms with E-state index in [2.05, 4.69) is 25.9 Å². The highest BCUT2D eigenvalue weighted by Gasteiger charge is 2.31. The van der Waals surface area contributed by atoms with Crippen molar-refractivity contribution in [1.82, 2.24) is 20.9 Å². The number of hydrogen-bond acceptors (Lipinski definition) is 7. The molecule has 0 saturated heterocycles. The number of carbonyl (C=O) groups excluding carboxylic acids is 3. The zero-order chi connectivity index (χ0) is 31.2. The van der Waals surface area contributed by atoms with Crippen LogP contribution in [0.5, 0.6) is 0 Å². The number of thioether (sulfide) groups is 1. The van der Waals surface area contributed by atoms with Gasteiger partial charge in [0.15, 0.2) is 5.96 Å². The van der Waals surface area contributed by atoms with Gasteiger partial charge in [0.05, 0.1) is 6.04 Å². The van der Waals surface area contributed by atoms with E-state index in [0.29, 0.717) is 18.6 Å². The molecule has 0 aliphatic heterocycles. The van der Waals surface area contributed by atoms with Crippen molar-refractivity contribution in [1.29, 1.82) is 0 Å². The topological polar surface area (TPSA) is 231 Å². The first-order chi connectivity index (χ1) is 20.0. The summed E-state index contributed by atoms with van der Waals surface area (Å²) < 4.78 is 0. The van der Waals surface area contributed by atoms with Crippen LogP contribution in [-0.4, -0.2) is 82.5 Å². The number of nitrogens with one attached hydrogen (secondary N) is 4. The second kappa shape index (κ2) is 17.2. The van der Waals surface area contributed by atoms with E-state index in [1.165, 1.54) is 11.8 Å². The summed E-state index contributed by atoms with van der Waals surface area (Å²) in [6.45, 7) is 3.98. The van der Waals surface area contributed by atoms with Gasteiger partial charge in [-0.15, -0.1) is 0 Å². The maximum absolute atomic E-state index is 13.7. The molecule has 0 bridgehead atoms. The molecule has 0 fully saturated rings. The second-order valence-corrected chi connectivity index (χ2v) is 11.2. The molecule has 42 heavy (non-hydrogen) atoms. The zero-order valence-electron chi connectivity index (χ0n) is 24.4. The lowest BCUT2D eigenvalue weighted by Gasteiger charge is -2.26. The molecule has 1 aromatic heterocycles. The van der Waals surface area contributed by atoms with Crippen LogP contribution in [0.4, 0.5) is 0 Å². The minimum absolute atomic E-state index is 0.109. The molecule has 0 aliphatic carbocycles. The molecule has 232 valence electrons. The Labute approximate surface area is 250 Å². The molecule has 2 rings (SSSR count). The molecule has 14 heteroatoms. The summed E-state index contributed by atoms with van der Waals surface area (Å²) >= 11 is 1.45. The van der Waals surface area contributed by atoms with Crippen molar-refractivity contribution in [3.63, 3.8) is 0 Å². The van der Waals surface area contributed by atoms with Crippen LogP contribution >= 0.6 is 11.8 Å². The maximum atomic E-state index is 13.7. The summed E-state index contributed by atoms with van der Waals surface area (Å²) in [5.74, 6) is -2.63. The Balaban J connectivity index is 2.32. The Morgan fingerprint density at radius 3 is 2.29 bits per heavy atom. The number of nitrogens with zero attached hydrogens (tertiary/aromatic N) is 1. The van der Waals surface area contributed by atoms with E-state index < -0.39 is 47.9 Å². The standard InChI is InChI=1S/C28H44N8O5S/c1-4-16(2)23(29)26(39)36-22(14-17-15-33-19-9-6-5-8-18(17)19)25(38)34-20(10-7-12-32-28(30)31)24(37)35-21(27(40)41)11-13-42-3/h5-6,8-9,15-16,20-23,33H,4,7,10-14,29H2,1-3H3,(H,34,38)(H,35,37)(H,36,39)(H,40,41)(H4,30,31,32). The van der Waals surface area contributed by atoms with Crippen LogP contribution in [0, 0.1) is 5.92 Å². The van der Waals surface area contributed by atoms with Crippen LogP contribution in [0.3, 0.4) is 0 Å². The van der Waals surface area contributed by atoms with Gasteiger partial charge < -0.3 is 43.2 Å². The van der Waals surface area contributed by atoms with Gasteiger partial charge >= 0.3 is 5.97 Å². The largest absolute Gasteiger partial charge is 0.480 e. The van der Waals surface area contributed by atoms with Gasteiger partial charge in [0.2, 0.25) is 17.7 Å². The van der Waals surface area contributed by atoms with Crippen molar-refractivity contribution in [3.8, 4) is 0 Å². The molecule has 0 spiro atoms. The van der Waals surface area contributed by atoms with Crippen LogP contribution in [0.25, 0.3) is 10.9 Å². The van der Waals surface area contributed by atoms with E-state index in [1.54, 1.807) is 6.20 Å². The fourth-order valence-electron chi connectivity index (χ4n) is 4.32. The van der Waals surface area contributed by atoms with Gasteiger partial charge in [-0.3, -0.25) is 19.4 Å². The van der Waals surface area contributed by atoms with Gasteiger partial charge in [0.1, 0.15) is 18.1 Å². The second-order valence-electron chi connectivity index (χ2n) is 10.2. The van der Waals surface area contributed by atoms with Gasteiger partial charge in [-0.2, -0.15) is 11.8 Å². The number of guanidine groups is 1. The van der Waals surface area contributed by atoms with E-state index in [4.69, 9.17) is 17.2 Å². The zero-order valence-corrected chi connectivity index (χ0v) is 25.2. The van der Waals surface area contributed by atoms with Gasteiger partial charge in [0, 0.05) is 30.1 Å². The summed E-state index contributed by atoms with van der Waals surface area (Å²) in [5.41, 5.74) is 18.6. The molecule has 5 unspecified atom stereocenters. The van der Waals surface area contributed by atoms with E-state index in [-0.39, 0.29) is 37.7 Å². The molecule has 0 radical (unpaired) electrons. The molecule has 3 amide bonds. The van der Waals surface area contributed by atoms with Crippen molar-refractivity contribution in [2.24, 2.45) is 28.1 Å².